The lowest BCUT2D eigenvalue weighted by atomic mass is 10.2. The summed E-state index contributed by atoms with van der Waals surface area (Å²) in [6.45, 7) is 2.08. The minimum atomic E-state index is 0.994. The Morgan fingerprint density at radius 1 is 1.00 bits per heavy atom. The maximum Gasteiger partial charge on any atom is 0.134 e. The molecule has 0 saturated carbocycles. The number of nitrogens with zero attached hydrogens (tertiary/aromatic N) is 3. The number of rotatable bonds is 3. The summed E-state index contributed by atoms with van der Waals surface area (Å²) in [6, 6.07) is 14.3. The highest BCUT2D eigenvalue weighted by molar-refractivity contribution is 7.20. The summed E-state index contributed by atoms with van der Waals surface area (Å²) < 4.78 is 1.96. The van der Waals surface area contributed by atoms with Gasteiger partial charge < -0.3 is 0 Å². The number of thiophene rings is 1. The topological polar surface area (TPSA) is 30.7 Å². The fraction of sp³-hybridized carbons (Fsp3) is 0.0588. The van der Waals surface area contributed by atoms with E-state index in [-0.39, 0.29) is 0 Å². The van der Waals surface area contributed by atoms with Crippen molar-refractivity contribution >= 4 is 22.7 Å². The van der Waals surface area contributed by atoms with Gasteiger partial charge in [0.05, 0.1) is 28.1 Å². The summed E-state index contributed by atoms with van der Waals surface area (Å²) in [4.78, 5) is 5.98. The number of benzene rings is 1. The van der Waals surface area contributed by atoms with Crippen LogP contribution in [0.1, 0.15) is 5.69 Å². The molecule has 0 N–H and O–H groups in total. The molecule has 0 spiro atoms. The zero-order chi connectivity index (χ0) is 14.9. The zero-order valence-electron chi connectivity index (χ0n) is 11.9. The second-order valence-corrected chi connectivity index (χ2v) is 6.71. The molecule has 3 aromatic heterocycles. The van der Waals surface area contributed by atoms with E-state index in [2.05, 4.69) is 47.0 Å². The molecule has 0 fully saturated rings. The number of hydrogen-bond acceptors (Lipinski definition) is 4. The van der Waals surface area contributed by atoms with Gasteiger partial charge in [0.15, 0.2) is 0 Å². The quantitative estimate of drug-likeness (QED) is 0.529. The fourth-order valence-electron chi connectivity index (χ4n) is 2.40. The van der Waals surface area contributed by atoms with Gasteiger partial charge in [-0.3, -0.25) is 0 Å². The molecule has 0 bridgehead atoms. The van der Waals surface area contributed by atoms with Crippen molar-refractivity contribution < 1.29 is 0 Å². The Bertz CT molecular complexity index is 889. The Labute approximate surface area is 136 Å². The number of hydrogen-bond donors (Lipinski definition) is 0. The number of aromatic nitrogens is 3. The standard InChI is InChI=1S/C17H13N3S2/c1-12-14(10-18-20(12)13-6-3-2-4-7-13)15-11-22-17(19-15)16-8-5-9-21-16/h2-11H,1H3. The van der Waals surface area contributed by atoms with Crippen LogP contribution in [-0.2, 0) is 0 Å². The molecule has 3 nitrogen and oxygen atoms in total. The molecule has 0 radical (unpaired) electrons. The predicted octanol–water partition coefficient (Wildman–Crippen LogP) is 5.03. The largest absolute Gasteiger partial charge is 0.237 e. The first-order chi connectivity index (χ1) is 10.8. The van der Waals surface area contributed by atoms with Gasteiger partial charge >= 0.3 is 0 Å². The second kappa shape index (κ2) is 5.51. The van der Waals surface area contributed by atoms with Crippen molar-refractivity contribution in [2.75, 3.05) is 0 Å². The van der Waals surface area contributed by atoms with E-state index in [0.29, 0.717) is 0 Å². The van der Waals surface area contributed by atoms with Crippen LogP contribution in [0, 0.1) is 6.92 Å². The monoisotopic (exact) mass is 323 g/mol. The van der Waals surface area contributed by atoms with Gasteiger partial charge in [0, 0.05) is 10.9 Å². The third-order valence-electron chi connectivity index (χ3n) is 3.52. The summed E-state index contributed by atoms with van der Waals surface area (Å²) in [5.74, 6) is 0. The lowest BCUT2D eigenvalue weighted by Gasteiger charge is -2.04. The van der Waals surface area contributed by atoms with Crippen LogP contribution in [0.4, 0.5) is 0 Å². The predicted molar refractivity (Wildman–Crippen MR) is 92.7 cm³/mol. The first-order valence-electron chi connectivity index (χ1n) is 6.93. The first-order valence-corrected chi connectivity index (χ1v) is 8.68. The lowest BCUT2D eigenvalue weighted by Crippen LogP contribution is -1.98. The molecule has 0 aliphatic rings. The van der Waals surface area contributed by atoms with Crippen LogP contribution in [0.25, 0.3) is 26.8 Å². The summed E-state index contributed by atoms with van der Waals surface area (Å²) >= 11 is 3.40. The summed E-state index contributed by atoms with van der Waals surface area (Å²) in [7, 11) is 0. The van der Waals surface area contributed by atoms with Gasteiger partial charge in [-0.1, -0.05) is 24.3 Å². The molecule has 0 unspecified atom stereocenters. The van der Waals surface area contributed by atoms with Crippen molar-refractivity contribution in [3.8, 4) is 26.8 Å². The van der Waals surface area contributed by atoms with Gasteiger partial charge in [-0.2, -0.15) is 5.10 Å². The van der Waals surface area contributed by atoms with E-state index in [1.807, 2.05) is 29.1 Å². The van der Waals surface area contributed by atoms with Crippen molar-refractivity contribution in [1.82, 2.24) is 14.8 Å². The number of thiazole rings is 1. The van der Waals surface area contributed by atoms with Gasteiger partial charge in [-0.05, 0) is 30.5 Å². The molecule has 0 atom stereocenters. The van der Waals surface area contributed by atoms with Gasteiger partial charge in [0.25, 0.3) is 0 Å². The van der Waals surface area contributed by atoms with Gasteiger partial charge in [-0.15, -0.1) is 22.7 Å². The summed E-state index contributed by atoms with van der Waals surface area (Å²) in [6.07, 6.45) is 1.90. The average Bonchev–Trinajstić information content (AvgIpc) is 3.28. The highest BCUT2D eigenvalue weighted by atomic mass is 32.1. The van der Waals surface area contributed by atoms with E-state index in [1.54, 1.807) is 22.7 Å². The Balaban J connectivity index is 1.74. The van der Waals surface area contributed by atoms with Crippen LogP contribution >= 0.6 is 22.7 Å². The molecule has 5 heteroatoms. The van der Waals surface area contributed by atoms with Crippen LogP contribution < -0.4 is 0 Å². The minimum Gasteiger partial charge on any atom is -0.237 e. The maximum atomic E-state index is 4.77. The molecular weight excluding hydrogens is 310 g/mol. The summed E-state index contributed by atoms with van der Waals surface area (Å²) in [5.41, 5.74) is 4.25. The van der Waals surface area contributed by atoms with E-state index in [9.17, 15) is 0 Å². The van der Waals surface area contributed by atoms with Crippen LogP contribution in [-0.4, -0.2) is 14.8 Å². The summed E-state index contributed by atoms with van der Waals surface area (Å²) in [5, 5.41) is 9.77. The normalized spacial score (nSPS) is 11.0. The molecule has 22 heavy (non-hydrogen) atoms. The van der Waals surface area contributed by atoms with Crippen LogP contribution in [0.5, 0.6) is 0 Å². The molecule has 1 aromatic carbocycles. The molecule has 0 saturated heterocycles. The van der Waals surface area contributed by atoms with Crippen LogP contribution in [0.3, 0.4) is 0 Å². The van der Waals surface area contributed by atoms with Crippen molar-refractivity contribution in [3.05, 3.63) is 65.1 Å². The zero-order valence-corrected chi connectivity index (χ0v) is 13.6. The van der Waals surface area contributed by atoms with E-state index < -0.39 is 0 Å². The smallest absolute Gasteiger partial charge is 0.134 e. The van der Waals surface area contributed by atoms with Crippen LogP contribution in [0.15, 0.2) is 59.4 Å². The molecular formula is C17H13N3S2. The second-order valence-electron chi connectivity index (χ2n) is 4.91. The first kappa shape index (κ1) is 13.4. The molecule has 0 aliphatic carbocycles. The molecule has 108 valence electrons. The van der Waals surface area contributed by atoms with Crippen molar-refractivity contribution in [2.24, 2.45) is 0 Å². The number of para-hydroxylation sites is 1. The third-order valence-corrected chi connectivity index (χ3v) is 5.40. The maximum absolute atomic E-state index is 4.77. The third kappa shape index (κ3) is 2.28. The molecule has 0 aliphatic heterocycles. The van der Waals surface area contributed by atoms with Crippen LogP contribution in [0.2, 0.25) is 0 Å². The molecule has 0 amide bonds. The lowest BCUT2D eigenvalue weighted by molar-refractivity contribution is 0.847. The van der Waals surface area contributed by atoms with Gasteiger partial charge in [-0.25, -0.2) is 9.67 Å². The van der Waals surface area contributed by atoms with Gasteiger partial charge in [0.2, 0.25) is 0 Å². The van der Waals surface area contributed by atoms with E-state index in [4.69, 9.17) is 4.98 Å². The average molecular weight is 323 g/mol. The Morgan fingerprint density at radius 2 is 1.86 bits per heavy atom. The fourth-order valence-corrected chi connectivity index (χ4v) is 4.04. The van der Waals surface area contributed by atoms with E-state index in [0.717, 1.165) is 27.6 Å². The van der Waals surface area contributed by atoms with Crippen molar-refractivity contribution in [3.63, 3.8) is 0 Å². The highest BCUT2D eigenvalue weighted by Gasteiger charge is 2.13. The Hall–Kier alpha value is -2.24. The Kier molecular flexibility index (Phi) is 3.36. The Morgan fingerprint density at radius 3 is 2.64 bits per heavy atom. The van der Waals surface area contributed by atoms with E-state index in [1.165, 1.54) is 4.88 Å². The van der Waals surface area contributed by atoms with Crippen molar-refractivity contribution in [1.29, 1.82) is 0 Å². The molecule has 3 heterocycles. The highest BCUT2D eigenvalue weighted by Crippen LogP contribution is 2.32. The molecule has 4 rings (SSSR count). The SMILES string of the molecule is Cc1c(-c2csc(-c3cccs3)n2)cnn1-c1ccccc1. The van der Waals surface area contributed by atoms with E-state index >= 15 is 0 Å². The van der Waals surface area contributed by atoms with Crippen molar-refractivity contribution in [2.45, 2.75) is 6.92 Å². The minimum absolute atomic E-state index is 0.994. The van der Waals surface area contributed by atoms with Gasteiger partial charge in [0.1, 0.15) is 5.01 Å². The molecule has 4 aromatic rings.